The molecule has 0 fully saturated rings. The van der Waals surface area contributed by atoms with Crippen LogP contribution < -0.4 is 0 Å². The molecular formula is C12H12ClN3O. The van der Waals surface area contributed by atoms with Gasteiger partial charge in [0.25, 0.3) is 0 Å². The molecule has 2 heterocycles. The Morgan fingerprint density at radius 2 is 2.12 bits per heavy atom. The van der Waals surface area contributed by atoms with E-state index >= 15 is 0 Å². The van der Waals surface area contributed by atoms with Crippen LogP contribution in [0.2, 0.25) is 5.02 Å². The van der Waals surface area contributed by atoms with Gasteiger partial charge in [0.05, 0.1) is 5.02 Å². The van der Waals surface area contributed by atoms with Crippen LogP contribution in [0.1, 0.15) is 24.9 Å². The van der Waals surface area contributed by atoms with E-state index in [2.05, 4.69) is 10.2 Å². The number of halogens is 1. The second-order valence-electron chi connectivity index (χ2n) is 4.16. The number of aromatic nitrogens is 3. The highest BCUT2D eigenvalue weighted by atomic mass is 35.5. The topological polar surface area (TPSA) is 50.9 Å². The SMILES string of the molecule is OC1CCCc2nnc(-c3ccccc3Cl)n21. The largest absolute Gasteiger partial charge is 0.373 e. The maximum Gasteiger partial charge on any atom is 0.167 e. The molecule has 0 saturated carbocycles. The highest BCUT2D eigenvalue weighted by Gasteiger charge is 2.24. The molecule has 17 heavy (non-hydrogen) atoms. The molecule has 0 saturated heterocycles. The molecule has 88 valence electrons. The molecule has 0 radical (unpaired) electrons. The second-order valence-corrected chi connectivity index (χ2v) is 4.57. The number of aryl methyl sites for hydroxylation is 1. The third kappa shape index (κ3) is 1.73. The van der Waals surface area contributed by atoms with E-state index in [0.717, 1.165) is 30.7 Å². The van der Waals surface area contributed by atoms with E-state index in [0.29, 0.717) is 10.8 Å². The molecule has 1 aliphatic rings. The first-order valence-corrected chi connectivity index (χ1v) is 6.02. The summed E-state index contributed by atoms with van der Waals surface area (Å²) in [4.78, 5) is 0. The maximum absolute atomic E-state index is 10.0. The molecule has 3 rings (SSSR count). The number of benzene rings is 1. The summed E-state index contributed by atoms with van der Waals surface area (Å²) in [5.74, 6) is 1.48. The zero-order valence-electron chi connectivity index (χ0n) is 9.17. The van der Waals surface area contributed by atoms with Crippen LogP contribution in [-0.4, -0.2) is 19.9 Å². The molecule has 1 unspecified atom stereocenters. The molecule has 1 aromatic heterocycles. The number of aliphatic hydroxyl groups is 1. The van der Waals surface area contributed by atoms with Gasteiger partial charge in [0.1, 0.15) is 12.1 Å². The van der Waals surface area contributed by atoms with Gasteiger partial charge in [-0.05, 0) is 25.0 Å². The van der Waals surface area contributed by atoms with Gasteiger partial charge < -0.3 is 5.11 Å². The molecule has 1 atom stereocenters. The lowest BCUT2D eigenvalue weighted by Crippen LogP contribution is -2.18. The van der Waals surface area contributed by atoms with Gasteiger partial charge in [0, 0.05) is 12.0 Å². The van der Waals surface area contributed by atoms with Crippen LogP contribution in [0.25, 0.3) is 11.4 Å². The van der Waals surface area contributed by atoms with Crippen LogP contribution in [0.3, 0.4) is 0 Å². The number of nitrogens with zero attached hydrogens (tertiary/aromatic N) is 3. The minimum absolute atomic E-state index is 0.542. The van der Waals surface area contributed by atoms with E-state index in [9.17, 15) is 5.11 Å². The lowest BCUT2D eigenvalue weighted by Gasteiger charge is -2.21. The Morgan fingerprint density at radius 1 is 1.29 bits per heavy atom. The maximum atomic E-state index is 10.0. The Kier molecular flexibility index (Phi) is 2.61. The van der Waals surface area contributed by atoms with Crippen LogP contribution in [-0.2, 0) is 6.42 Å². The third-order valence-electron chi connectivity index (χ3n) is 3.04. The van der Waals surface area contributed by atoms with Crippen LogP contribution in [0.4, 0.5) is 0 Å². The zero-order chi connectivity index (χ0) is 11.8. The highest BCUT2D eigenvalue weighted by molar-refractivity contribution is 6.33. The molecule has 1 aromatic carbocycles. The second kappa shape index (κ2) is 4.13. The minimum atomic E-state index is -0.542. The Hall–Kier alpha value is -1.39. The van der Waals surface area contributed by atoms with Crippen molar-refractivity contribution in [1.82, 2.24) is 14.8 Å². The van der Waals surface area contributed by atoms with Gasteiger partial charge >= 0.3 is 0 Å². The third-order valence-corrected chi connectivity index (χ3v) is 3.37. The van der Waals surface area contributed by atoms with Crippen molar-refractivity contribution in [1.29, 1.82) is 0 Å². The average Bonchev–Trinajstić information content (AvgIpc) is 2.75. The minimum Gasteiger partial charge on any atom is -0.373 e. The summed E-state index contributed by atoms with van der Waals surface area (Å²) in [6.45, 7) is 0. The first kappa shape index (κ1) is 10.7. The van der Waals surface area contributed by atoms with Crippen LogP contribution in [0, 0.1) is 0 Å². The van der Waals surface area contributed by atoms with Gasteiger partial charge in [-0.25, -0.2) is 0 Å². The summed E-state index contributed by atoms with van der Waals surface area (Å²) < 4.78 is 1.78. The van der Waals surface area contributed by atoms with Crippen molar-refractivity contribution in [3.63, 3.8) is 0 Å². The van der Waals surface area contributed by atoms with E-state index in [-0.39, 0.29) is 0 Å². The number of hydrogen-bond donors (Lipinski definition) is 1. The van der Waals surface area contributed by atoms with Crippen LogP contribution in [0.15, 0.2) is 24.3 Å². The standard InChI is InChI=1S/C12H12ClN3O/c13-9-5-2-1-4-8(9)12-15-14-10-6-3-7-11(17)16(10)12/h1-2,4-5,11,17H,3,6-7H2. The van der Waals surface area contributed by atoms with Gasteiger partial charge in [-0.1, -0.05) is 23.7 Å². The number of aliphatic hydroxyl groups excluding tert-OH is 1. The zero-order valence-corrected chi connectivity index (χ0v) is 9.93. The van der Waals surface area contributed by atoms with Gasteiger partial charge in [-0.3, -0.25) is 4.57 Å². The fourth-order valence-corrected chi connectivity index (χ4v) is 2.43. The van der Waals surface area contributed by atoms with E-state index in [4.69, 9.17) is 11.6 Å². The van der Waals surface area contributed by atoms with Crippen molar-refractivity contribution >= 4 is 11.6 Å². The summed E-state index contributed by atoms with van der Waals surface area (Å²) in [6.07, 6.45) is 2.00. The highest BCUT2D eigenvalue weighted by Crippen LogP contribution is 2.31. The van der Waals surface area contributed by atoms with Crippen molar-refractivity contribution in [2.75, 3.05) is 0 Å². The van der Waals surface area contributed by atoms with Crippen molar-refractivity contribution in [3.05, 3.63) is 35.1 Å². The van der Waals surface area contributed by atoms with E-state index in [1.54, 1.807) is 4.57 Å². The normalized spacial score (nSPS) is 19.1. The summed E-state index contributed by atoms with van der Waals surface area (Å²) in [6, 6.07) is 7.47. The molecule has 1 N–H and O–H groups in total. The predicted molar refractivity (Wildman–Crippen MR) is 64.7 cm³/mol. The first-order chi connectivity index (χ1) is 8.27. The van der Waals surface area contributed by atoms with Gasteiger partial charge in [0.2, 0.25) is 0 Å². The molecule has 1 aliphatic heterocycles. The Morgan fingerprint density at radius 3 is 2.94 bits per heavy atom. The fourth-order valence-electron chi connectivity index (χ4n) is 2.21. The van der Waals surface area contributed by atoms with E-state index in [1.807, 2.05) is 24.3 Å². The molecule has 5 heteroatoms. The Labute approximate surface area is 104 Å². The molecule has 4 nitrogen and oxygen atoms in total. The lowest BCUT2D eigenvalue weighted by atomic mass is 10.1. The number of rotatable bonds is 1. The van der Waals surface area contributed by atoms with Gasteiger partial charge in [0.15, 0.2) is 5.82 Å². The predicted octanol–water partition coefficient (Wildman–Crippen LogP) is 2.43. The smallest absolute Gasteiger partial charge is 0.167 e. The van der Waals surface area contributed by atoms with E-state index in [1.165, 1.54) is 0 Å². The Bertz CT molecular complexity index is 552. The first-order valence-electron chi connectivity index (χ1n) is 5.64. The quantitative estimate of drug-likeness (QED) is 0.845. The van der Waals surface area contributed by atoms with Crippen molar-refractivity contribution in [2.45, 2.75) is 25.5 Å². The van der Waals surface area contributed by atoms with Crippen molar-refractivity contribution in [3.8, 4) is 11.4 Å². The monoisotopic (exact) mass is 249 g/mol. The molecule has 0 bridgehead atoms. The number of fused-ring (bicyclic) bond motifs is 1. The summed E-state index contributed by atoms with van der Waals surface area (Å²) >= 11 is 6.14. The van der Waals surface area contributed by atoms with Gasteiger partial charge in [-0.15, -0.1) is 10.2 Å². The van der Waals surface area contributed by atoms with Crippen molar-refractivity contribution < 1.29 is 5.11 Å². The van der Waals surface area contributed by atoms with Crippen LogP contribution in [0.5, 0.6) is 0 Å². The summed E-state index contributed by atoms with van der Waals surface area (Å²) in [7, 11) is 0. The Balaban J connectivity index is 2.17. The number of hydrogen-bond acceptors (Lipinski definition) is 3. The average molecular weight is 250 g/mol. The lowest BCUT2D eigenvalue weighted by molar-refractivity contribution is 0.0796. The molecule has 0 amide bonds. The molecule has 2 aromatic rings. The fraction of sp³-hybridized carbons (Fsp3) is 0.333. The summed E-state index contributed by atoms with van der Waals surface area (Å²) in [5, 5.41) is 18.9. The van der Waals surface area contributed by atoms with Gasteiger partial charge in [-0.2, -0.15) is 0 Å². The molecular weight excluding hydrogens is 238 g/mol. The van der Waals surface area contributed by atoms with E-state index < -0.39 is 6.23 Å². The summed E-state index contributed by atoms with van der Waals surface area (Å²) in [5.41, 5.74) is 0.814. The molecule has 0 aliphatic carbocycles. The van der Waals surface area contributed by atoms with Crippen molar-refractivity contribution in [2.24, 2.45) is 0 Å². The van der Waals surface area contributed by atoms with Crippen LogP contribution >= 0.6 is 11.6 Å². The molecule has 0 spiro atoms.